The zero-order valence-electron chi connectivity index (χ0n) is 10.8. The molecule has 1 aliphatic rings. The third-order valence-electron chi connectivity index (χ3n) is 2.85. The molecule has 2 heterocycles. The monoisotopic (exact) mass is 269 g/mol. The molecular weight excluding hydrogens is 250 g/mol. The van der Waals surface area contributed by atoms with E-state index < -0.39 is 0 Å². The highest BCUT2D eigenvalue weighted by Crippen LogP contribution is 2.17. The second kappa shape index (κ2) is 6.43. The van der Waals surface area contributed by atoms with Crippen molar-refractivity contribution in [3.63, 3.8) is 0 Å². The molecule has 0 bridgehead atoms. The van der Waals surface area contributed by atoms with Crippen LogP contribution in [0.1, 0.15) is 22.2 Å². The van der Waals surface area contributed by atoms with Crippen LogP contribution >= 0.6 is 11.3 Å². The Hall–Kier alpha value is -0.750. The summed E-state index contributed by atoms with van der Waals surface area (Å²) in [6.07, 6.45) is 0.162. The van der Waals surface area contributed by atoms with Gasteiger partial charge in [-0.25, -0.2) is 0 Å². The van der Waals surface area contributed by atoms with E-state index in [1.165, 1.54) is 16.9 Å². The summed E-state index contributed by atoms with van der Waals surface area (Å²) in [6.45, 7) is 5.35. The van der Waals surface area contributed by atoms with Gasteiger partial charge in [0, 0.05) is 13.1 Å². The molecule has 4 nitrogen and oxygen atoms in total. The highest BCUT2D eigenvalue weighted by Gasteiger charge is 2.16. The molecule has 1 unspecified atom stereocenters. The van der Waals surface area contributed by atoms with E-state index in [9.17, 15) is 4.79 Å². The molecule has 0 amide bonds. The SMILES string of the molecule is CC(=O)c1cc(CN(C)CC2COCCO2)cs1. The minimum Gasteiger partial charge on any atom is -0.376 e. The first-order valence-corrected chi connectivity index (χ1v) is 6.99. The predicted molar refractivity (Wildman–Crippen MR) is 71.2 cm³/mol. The topological polar surface area (TPSA) is 38.8 Å². The van der Waals surface area contributed by atoms with Gasteiger partial charge >= 0.3 is 0 Å². The van der Waals surface area contributed by atoms with Gasteiger partial charge in [-0.3, -0.25) is 9.69 Å². The number of nitrogens with zero attached hydrogens (tertiary/aromatic N) is 1. The molecule has 5 heteroatoms. The summed E-state index contributed by atoms with van der Waals surface area (Å²) >= 11 is 1.51. The molecule has 1 aromatic rings. The van der Waals surface area contributed by atoms with Crippen molar-refractivity contribution in [2.45, 2.75) is 19.6 Å². The normalized spacial score (nSPS) is 20.3. The predicted octanol–water partition coefficient (Wildman–Crippen LogP) is 1.80. The number of ether oxygens (including phenoxy) is 2. The summed E-state index contributed by atoms with van der Waals surface area (Å²) in [4.78, 5) is 14.3. The molecule has 1 saturated heterocycles. The fourth-order valence-corrected chi connectivity index (χ4v) is 2.82. The fourth-order valence-electron chi connectivity index (χ4n) is 2.01. The van der Waals surface area contributed by atoms with E-state index >= 15 is 0 Å². The number of ketones is 1. The van der Waals surface area contributed by atoms with Gasteiger partial charge in [0.1, 0.15) is 0 Å². The largest absolute Gasteiger partial charge is 0.376 e. The van der Waals surface area contributed by atoms with Crippen molar-refractivity contribution in [1.82, 2.24) is 4.90 Å². The molecule has 0 N–H and O–H groups in total. The lowest BCUT2D eigenvalue weighted by Gasteiger charge is -2.27. The Balaban J connectivity index is 1.82. The lowest BCUT2D eigenvalue weighted by molar-refractivity contribution is -0.0962. The van der Waals surface area contributed by atoms with E-state index in [-0.39, 0.29) is 11.9 Å². The molecule has 0 saturated carbocycles. The summed E-state index contributed by atoms with van der Waals surface area (Å²) in [7, 11) is 2.06. The van der Waals surface area contributed by atoms with Crippen molar-refractivity contribution in [3.8, 4) is 0 Å². The third-order valence-corrected chi connectivity index (χ3v) is 3.93. The number of likely N-dealkylation sites (N-methyl/N-ethyl adjacent to an activating group) is 1. The highest BCUT2D eigenvalue weighted by molar-refractivity contribution is 7.12. The van der Waals surface area contributed by atoms with Crippen LogP contribution in [-0.2, 0) is 16.0 Å². The van der Waals surface area contributed by atoms with Crippen molar-refractivity contribution in [1.29, 1.82) is 0 Å². The summed E-state index contributed by atoms with van der Waals surface area (Å²) in [6, 6.07) is 1.97. The van der Waals surface area contributed by atoms with Gasteiger partial charge in [-0.15, -0.1) is 11.3 Å². The minimum absolute atomic E-state index is 0.137. The second-order valence-corrected chi connectivity index (χ2v) is 5.55. The van der Waals surface area contributed by atoms with Crippen LogP contribution in [0.25, 0.3) is 0 Å². The average Bonchev–Trinajstić information content (AvgIpc) is 2.78. The molecular formula is C13H19NO3S. The quantitative estimate of drug-likeness (QED) is 0.764. The number of carbonyl (C=O) groups excluding carboxylic acids is 1. The molecule has 1 atom stereocenters. The Morgan fingerprint density at radius 2 is 2.39 bits per heavy atom. The first-order chi connectivity index (χ1) is 8.65. The summed E-state index contributed by atoms with van der Waals surface area (Å²) in [5.74, 6) is 0.137. The summed E-state index contributed by atoms with van der Waals surface area (Å²) in [5.41, 5.74) is 1.18. The van der Waals surface area contributed by atoms with Gasteiger partial charge in [-0.1, -0.05) is 0 Å². The van der Waals surface area contributed by atoms with Crippen LogP contribution in [0, 0.1) is 0 Å². The Morgan fingerprint density at radius 3 is 3.00 bits per heavy atom. The third kappa shape index (κ3) is 3.88. The van der Waals surface area contributed by atoms with Crippen molar-refractivity contribution in [3.05, 3.63) is 21.9 Å². The van der Waals surface area contributed by atoms with Crippen LogP contribution in [0.15, 0.2) is 11.4 Å². The maximum absolute atomic E-state index is 11.2. The molecule has 0 spiro atoms. The molecule has 1 aliphatic heterocycles. The number of thiophene rings is 1. The van der Waals surface area contributed by atoms with Crippen molar-refractivity contribution in [2.24, 2.45) is 0 Å². The van der Waals surface area contributed by atoms with Gasteiger partial charge in [0.2, 0.25) is 0 Å². The lowest BCUT2D eigenvalue weighted by atomic mass is 10.2. The van der Waals surface area contributed by atoms with Gasteiger partial charge in [0.25, 0.3) is 0 Å². The lowest BCUT2D eigenvalue weighted by Crippen LogP contribution is -2.38. The molecule has 1 aromatic heterocycles. The standard InChI is InChI=1S/C13H19NO3S/c1-10(15)13-5-11(9-18-13)6-14(2)7-12-8-16-3-4-17-12/h5,9,12H,3-4,6-8H2,1-2H3. The van der Waals surface area contributed by atoms with Gasteiger partial charge < -0.3 is 9.47 Å². The molecule has 18 heavy (non-hydrogen) atoms. The zero-order valence-corrected chi connectivity index (χ0v) is 11.7. The van der Waals surface area contributed by atoms with Crippen LogP contribution in [-0.4, -0.2) is 50.2 Å². The number of rotatable bonds is 5. The number of hydrogen-bond acceptors (Lipinski definition) is 5. The number of carbonyl (C=O) groups is 1. The second-order valence-electron chi connectivity index (χ2n) is 4.64. The smallest absolute Gasteiger partial charge is 0.169 e. The van der Waals surface area contributed by atoms with Crippen LogP contribution in [0.2, 0.25) is 0 Å². The Kier molecular flexibility index (Phi) is 4.88. The maximum atomic E-state index is 11.2. The Bertz CT molecular complexity index is 399. The van der Waals surface area contributed by atoms with E-state index in [0.717, 1.165) is 18.0 Å². The van der Waals surface area contributed by atoms with E-state index in [1.807, 2.05) is 11.4 Å². The highest BCUT2D eigenvalue weighted by atomic mass is 32.1. The van der Waals surface area contributed by atoms with Gasteiger partial charge in [0.05, 0.1) is 30.8 Å². The Labute approximate surface area is 111 Å². The first-order valence-electron chi connectivity index (χ1n) is 6.11. The molecule has 0 radical (unpaired) electrons. The number of hydrogen-bond donors (Lipinski definition) is 0. The van der Waals surface area contributed by atoms with Crippen LogP contribution < -0.4 is 0 Å². The maximum Gasteiger partial charge on any atom is 0.169 e. The van der Waals surface area contributed by atoms with Crippen molar-refractivity contribution >= 4 is 17.1 Å². The van der Waals surface area contributed by atoms with E-state index in [1.54, 1.807) is 6.92 Å². The van der Waals surface area contributed by atoms with Gasteiger partial charge in [0.15, 0.2) is 5.78 Å². The fraction of sp³-hybridized carbons (Fsp3) is 0.615. The van der Waals surface area contributed by atoms with Crippen molar-refractivity contribution in [2.75, 3.05) is 33.4 Å². The molecule has 0 aliphatic carbocycles. The van der Waals surface area contributed by atoms with E-state index in [4.69, 9.17) is 9.47 Å². The van der Waals surface area contributed by atoms with Crippen molar-refractivity contribution < 1.29 is 14.3 Å². The average molecular weight is 269 g/mol. The van der Waals surface area contributed by atoms with Crippen LogP contribution in [0.5, 0.6) is 0 Å². The molecule has 1 fully saturated rings. The Morgan fingerprint density at radius 1 is 1.56 bits per heavy atom. The van der Waals surface area contributed by atoms with E-state index in [0.29, 0.717) is 19.8 Å². The van der Waals surface area contributed by atoms with Gasteiger partial charge in [-0.05, 0) is 31.0 Å². The first kappa shape index (κ1) is 13.7. The van der Waals surface area contributed by atoms with Gasteiger partial charge in [-0.2, -0.15) is 0 Å². The molecule has 2 rings (SSSR count). The van der Waals surface area contributed by atoms with Crippen LogP contribution in [0.4, 0.5) is 0 Å². The molecule has 100 valence electrons. The molecule has 0 aromatic carbocycles. The van der Waals surface area contributed by atoms with Crippen LogP contribution in [0.3, 0.4) is 0 Å². The summed E-state index contributed by atoms with van der Waals surface area (Å²) in [5, 5.41) is 2.05. The zero-order chi connectivity index (χ0) is 13.0. The summed E-state index contributed by atoms with van der Waals surface area (Å²) < 4.78 is 11.0. The number of Topliss-reactive ketones (excluding diaryl/α,β-unsaturated/α-hetero) is 1. The van der Waals surface area contributed by atoms with E-state index in [2.05, 4.69) is 11.9 Å². The minimum atomic E-state index is 0.137.